The van der Waals surface area contributed by atoms with Crippen molar-refractivity contribution in [2.75, 3.05) is 13.2 Å². The fourth-order valence-corrected chi connectivity index (χ4v) is 7.35. The molecular formula is C35H40O16. The second-order valence-corrected chi connectivity index (χ2v) is 13.2. The van der Waals surface area contributed by atoms with Crippen LogP contribution in [0.2, 0.25) is 0 Å². The Hall–Kier alpha value is -3.52. The van der Waals surface area contributed by atoms with E-state index in [-0.39, 0.29) is 11.1 Å². The van der Waals surface area contributed by atoms with Gasteiger partial charge in [0.1, 0.15) is 42.2 Å². The SMILES string of the molecule is CC1OC(OC2C3C=COC(OC4OC(CO)C(O)C(O)C4O)C3C3(CO)OC23)C(OC(=O)c2ccccc2)C(OC(=O)c2ccccc2)C1O. The lowest BCUT2D eigenvalue weighted by molar-refractivity contribution is -0.346. The summed E-state index contributed by atoms with van der Waals surface area (Å²) in [6, 6.07) is 16.2. The van der Waals surface area contributed by atoms with E-state index in [0.717, 1.165) is 0 Å². The normalized spacial score (nSPS) is 42.6. The molecule has 2 aromatic carbocycles. The maximum absolute atomic E-state index is 13.4. The van der Waals surface area contributed by atoms with E-state index in [1.54, 1.807) is 49.4 Å². The maximum Gasteiger partial charge on any atom is 0.338 e. The van der Waals surface area contributed by atoms with Crippen LogP contribution in [0.15, 0.2) is 73.0 Å². The Morgan fingerprint density at radius 2 is 1.35 bits per heavy atom. The number of esters is 2. The Bertz CT molecular complexity index is 1560. The second-order valence-electron chi connectivity index (χ2n) is 13.2. The Kier molecular flexibility index (Phi) is 10.2. The van der Waals surface area contributed by atoms with Crippen LogP contribution < -0.4 is 0 Å². The summed E-state index contributed by atoms with van der Waals surface area (Å²) < 4.78 is 47.5. The molecule has 4 fully saturated rings. The number of aliphatic hydroxyl groups excluding tert-OH is 6. The number of ether oxygens (including phenoxy) is 8. The first-order chi connectivity index (χ1) is 24.6. The summed E-state index contributed by atoms with van der Waals surface area (Å²) >= 11 is 0. The van der Waals surface area contributed by atoms with E-state index in [1.165, 1.54) is 30.5 Å². The van der Waals surface area contributed by atoms with Gasteiger partial charge in [0, 0.05) is 5.92 Å². The minimum Gasteiger partial charge on any atom is -0.472 e. The lowest BCUT2D eigenvalue weighted by Crippen LogP contribution is -2.61. The molecule has 6 N–H and O–H groups in total. The first-order valence-corrected chi connectivity index (χ1v) is 16.7. The molecule has 0 radical (unpaired) electrons. The zero-order valence-corrected chi connectivity index (χ0v) is 27.3. The quantitative estimate of drug-likeness (QED) is 0.128. The van der Waals surface area contributed by atoms with Crippen LogP contribution in [0.5, 0.6) is 0 Å². The molecule has 3 saturated heterocycles. The van der Waals surface area contributed by atoms with Crippen LogP contribution in [0.4, 0.5) is 0 Å². The summed E-state index contributed by atoms with van der Waals surface area (Å²) in [6.07, 6.45) is -14.5. The highest BCUT2D eigenvalue weighted by Gasteiger charge is 2.77. The standard InChI is InChI=1S/C35H40O16/c1-16-22(38)27(47-30(42)17-8-4-2-5-9-17)28(48-31(43)18-10-6-3-7-11-18)34(45-16)49-26-19-12-13-44-32(21(19)35(15-37)29(26)51-35)50-33-25(41)24(40)23(39)20(14-36)46-33/h2-13,16,19-29,32-34,36-41H,14-15H2,1H3. The minimum absolute atomic E-state index is 0.184. The first kappa shape index (κ1) is 35.9. The van der Waals surface area contributed by atoms with Gasteiger partial charge < -0.3 is 68.5 Å². The highest BCUT2D eigenvalue weighted by molar-refractivity contribution is 5.90. The van der Waals surface area contributed by atoms with Crippen molar-refractivity contribution in [2.24, 2.45) is 11.8 Å². The van der Waals surface area contributed by atoms with Gasteiger partial charge in [0.15, 0.2) is 24.8 Å². The van der Waals surface area contributed by atoms with Gasteiger partial charge in [-0.25, -0.2) is 9.59 Å². The maximum atomic E-state index is 13.4. The van der Waals surface area contributed by atoms with Crippen molar-refractivity contribution in [1.29, 1.82) is 0 Å². The highest BCUT2D eigenvalue weighted by Crippen LogP contribution is 2.61. The largest absolute Gasteiger partial charge is 0.472 e. The van der Waals surface area contributed by atoms with Gasteiger partial charge in [-0.2, -0.15) is 0 Å². The van der Waals surface area contributed by atoms with Crippen molar-refractivity contribution in [3.8, 4) is 0 Å². The van der Waals surface area contributed by atoms with Crippen LogP contribution in [0, 0.1) is 11.8 Å². The number of fused-ring (bicyclic) bond motifs is 3. The number of carbonyl (C=O) groups is 2. The molecule has 16 heteroatoms. The van der Waals surface area contributed by atoms with E-state index in [0.29, 0.717) is 0 Å². The molecule has 16 nitrogen and oxygen atoms in total. The molecule has 0 bridgehead atoms. The van der Waals surface area contributed by atoms with Gasteiger partial charge in [-0.05, 0) is 37.3 Å². The van der Waals surface area contributed by atoms with Gasteiger partial charge in [-0.3, -0.25) is 0 Å². The van der Waals surface area contributed by atoms with Gasteiger partial charge >= 0.3 is 11.9 Å². The molecule has 2 aromatic rings. The number of epoxide rings is 1. The zero-order chi connectivity index (χ0) is 36.0. The van der Waals surface area contributed by atoms with Gasteiger partial charge in [0.05, 0.1) is 48.7 Å². The molecule has 0 amide bonds. The third-order valence-electron chi connectivity index (χ3n) is 10.2. The summed E-state index contributed by atoms with van der Waals surface area (Å²) in [5, 5.41) is 62.6. The van der Waals surface area contributed by atoms with Crippen LogP contribution in [-0.2, 0) is 37.9 Å². The Labute approximate surface area is 291 Å². The van der Waals surface area contributed by atoms with E-state index < -0.39 is 122 Å². The molecular weight excluding hydrogens is 676 g/mol. The summed E-state index contributed by atoms with van der Waals surface area (Å²) in [5.41, 5.74) is -0.887. The lowest BCUT2D eigenvalue weighted by Gasteiger charge is -2.45. The fraction of sp³-hybridized carbons (Fsp3) is 0.543. The summed E-state index contributed by atoms with van der Waals surface area (Å²) in [6.45, 7) is 0.367. The summed E-state index contributed by atoms with van der Waals surface area (Å²) in [7, 11) is 0. The van der Waals surface area contributed by atoms with Crippen molar-refractivity contribution < 1.29 is 78.1 Å². The number of hydrogen-bond donors (Lipinski definition) is 6. The molecule has 0 spiro atoms. The number of aliphatic hydroxyl groups is 6. The molecule has 1 aliphatic carbocycles. The van der Waals surface area contributed by atoms with E-state index in [9.17, 15) is 40.2 Å². The number of rotatable bonds is 10. The van der Waals surface area contributed by atoms with Gasteiger partial charge in [0.2, 0.25) is 6.29 Å². The molecule has 1 saturated carbocycles. The summed E-state index contributed by atoms with van der Waals surface area (Å²) in [5.74, 6) is -2.98. The van der Waals surface area contributed by atoms with E-state index in [1.807, 2.05) is 0 Å². The smallest absolute Gasteiger partial charge is 0.338 e. The van der Waals surface area contributed by atoms with Gasteiger partial charge in [0.25, 0.3) is 0 Å². The Balaban J connectivity index is 1.15. The van der Waals surface area contributed by atoms with Crippen LogP contribution in [-0.4, -0.2) is 141 Å². The molecule has 51 heavy (non-hydrogen) atoms. The highest BCUT2D eigenvalue weighted by atomic mass is 16.8. The Morgan fingerprint density at radius 3 is 1.96 bits per heavy atom. The van der Waals surface area contributed by atoms with Gasteiger partial charge in [-0.15, -0.1) is 0 Å². The van der Waals surface area contributed by atoms with Crippen molar-refractivity contribution in [3.63, 3.8) is 0 Å². The predicted molar refractivity (Wildman–Crippen MR) is 167 cm³/mol. The van der Waals surface area contributed by atoms with Crippen molar-refractivity contribution >= 4 is 11.9 Å². The lowest BCUT2D eigenvalue weighted by atomic mass is 9.85. The van der Waals surface area contributed by atoms with E-state index >= 15 is 0 Å². The van der Waals surface area contributed by atoms with E-state index in [4.69, 9.17) is 37.9 Å². The fourth-order valence-electron chi connectivity index (χ4n) is 7.35. The molecule has 4 aliphatic heterocycles. The number of hydrogen-bond acceptors (Lipinski definition) is 16. The monoisotopic (exact) mass is 716 g/mol. The van der Waals surface area contributed by atoms with Crippen LogP contribution in [0.25, 0.3) is 0 Å². The molecule has 16 unspecified atom stereocenters. The Morgan fingerprint density at radius 1 is 0.725 bits per heavy atom. The van der Waals surface area contributed by atoms with E-state index in [2.05, 4.69) is 0 Å². The second kappa shape index (κ2) is 14.5. The predicted octanol–water partition coefficient (Wildman–Crippen LogP) is -1.01. The topological polar surface area (TPSA) is 233 Å². The number of carbonyl (C=O) groups excluding carboxylic acids is 2. The third-order valence-corrected chi connectivity index (χ3v) is 10.2. The zero-order valence-electron chi connectivity index (χ0n) is 27.3. The minimum atomic E-state index is -1.72. The van der Waals surface area contributed by atoms with Crippen LogP contribution in [0.1, 0.15) is 27.6 Å². The molecule has 16 atom stereocenters. The summed E-state index contributed by atoms with van der Waals surface area (Å²) in [4.78, 5) is 26.6. The van der Waals surface area contributed by atoms with Gasteiger partial charge in [-0.1, -0.05) is 36.4 Å². The average molecular weight is 717 g/mol. The van der Waals surface area contributed by atoms with Crippen molar-refractivity contribution in [1.82, 2.24) is 0 Å². The van der Waals surface area contributed by atoms with Crippen molar-refractivity contribution in [3.05, 3.63) is 84.1 Å². The molecule has 7 rings (SSSR count). The number of benzene rings is 2. The molecule has 4 heterocycles. The average Bonchev–Trinajstić information content (AvgIpc) is 3.83. The van der Waals surface area contributed by atoms with Crippen LogP contribution >= 0.6 is 0 Å². The first-order valence-electron chi connectivity index (χ1n) is 16.7. The molecule has 0 aromatic heterocycles. The molecule has 5 aliphatic rings. The van der Waals surface area contributed by atoms with Crippen molar-refractivity contribution in [2.45, 2.75) is 92.4 Å². The van der Waals surface area contributed by atoms with Crippen LogP contribution in [0.3, 0.4) is 0 Å². The third kappa shape index (κ3) is 6.55. The molecule has 276 valence electrons.